The van der Waals surface area contributed by atoms with Gasteiger partial charge in [-0.1, -0.05) is 12.1 Å². The Morgan fingerprint density at radius 1 is 1.32 bits per heavy atom. The number of hydrogen-bond donors (Lipinski definition) is 3. The summed E-state index contributed by atoms with van der Waals surface area (Å²) in [6, 6.07) is 13.6. The molecule has 0 aliphatic rings. The predicted molar refractivity (Wildman–Crippen MR) is 136 cm³/mol. The molecule has 0 unspecified atom stereocenters. The molecule has 8 nitrogen and oxygen atoms in total. The first kappa shape index (κ1) is 25.9. The molecule has 0 spiro atoms. The number of ether oxygens (including phenoxy) is 1. The van der Waals surface area contributed by atoms with Gasteiger partial charge in [-0.3, -0.25) is 15.2 Å². The minimum Gasteiger partial charge on any atom is -0.491 e. The number of aldehydes is 1. The van der Waals surface area contributed by atoms with Crippen molar-refractivity contribution < 1.29 is 9.53 Å². The van der Waals surface area contributed by atoms with Crippen LogP contribution in [0.5, 0.6) is 5.75 Å². The number of aliphatic imine (C=N–C) groups is 1. The highest BCUT2D eigenvalue weighted by molar-refractivity contribution is 5.99. The molecular formula is C26H30N6O2. The Hall–Kier alpha value is -4.38. The monoisotopic (exact) mass is 458 g/mol. The van der Waals surface area contributed by atoms with E-state index in [9.17, 15) is 4.79 Å². The fraction of sp³-hybridized carbons (Fsp3) is 0.231. The van der Waals surface area contributed by atoms with Crippen LogP contribution in [0.15, 0.2) is 65.4 Å². The molecule has 2 rings (SSSR count). The number of nitrogens with two attached hydrogens (primary N) is 1. The number of carbonyl (C=O) groups is 1. The lowest BCUT2D eigenvalue weighted by Gasteiger charge is -2.20. The Labute approximate surface area is 200 Å². The van der Waals surface area contributed by atoms with Crippen LogP contribution in [0, 0.1) is 23.7 Å². The van der Waals surface area contributed by atoms with Crippen LogP contribution in [-0.2, 0) is 6.42 Å². The van der Waals surface area contributed by atoms with Gasteiger partial charge >= 0.3 is 0 Å². The zero-order valence-corrected chi connectivity index (χ0v) is 19.7. The Morgan fingerprint density at radius 3 is 2.68 bits per heavy atom. The predicted octanol–water partition coefficient (Wildman–Crippen LogP) is 3.49. The summed E-state index contributed by atoms with van der Waals surface area (Å²) in [6.07, 6.45) is 7.66. The maximum absolute atomic E-state index is 11.7. The molecule has 0 fully saturated rings. The zero-order chi connectivity index (χ0) is 24.9. The van der Waals surface area contributed by atoms with Crippen LogP contribution in [0.4, 0.5) is 5.69 Å². The van der Waals surface area contributed by atoms with Crippen LogP contribution in [0.1, 0.15) is 27.0 Å². The second-order valence-electron chi connectivity index (χ2n) is 7.52. The highest BCUT2D eigenvalue weighted by atomic mass is 16.5. The van der Waals surface area contributed by atoms with E-state index in [0.29, 0.717) is 24.3 Å². The summed E-state index contributed by atoms with van der Waals surface area (Å²) in [7, 11) is 3.39. The Bertz CT molecular complexity index is 1130. The Kier molecular flexibility index (Phi) is 10.1. The van der Waals surface area contributed by atoms with Crippen molar-refractivity contribution >= 4 is 24.0 Å². The number of nitrogens with zero attached hydrogens (tertiary/aromatic N) is 3. The van der Waals surface area contributed by atoms with Gasteiger partial charge in [0.1, 0.15) is 29.8 Å². The summed E-state index contributed by atoms with van der Waals surface area (Å²) in [6.45, 7) is 2.63. The largest absolute Gasteiger partial charge is 0.491 e. The second-order valence-corrected chi connectivity index (χ2v) is 7.52. The first-order chi connectivity index (χ1) is 16.4. The lowest BCUT2D eigenvalue weighted by molar-refractivity contribution is 0.111. The van der Waals surface area contributed by atoms with Crippen molar-refractivity contribution in [2.45, 2.75) is 13.3 Å². The molecule has 2 aromatic carbocycles. The maximum Gasteiger partial charge on any atom is 0.153 e. The van der Waals surface area contributed by atoms with Gasteiger partial charge in [0.25, 0.3) is 0 Å². The molecule has 176 valence electrons. The molecular weight excluding hydrogens is 428 g/mol. The van der Waals surface area contributed by atoms with Gasteiger partial charge in [0, 0.05) is 26.5 Å². The van der Waals surface area contributed by atoms with Gasteiger partial charge in [-0.25, -0.2) is 0 Å². The molecule has 2 aromatic rings. The van der Waals surface area contributed by atoms with Crippen molar-refractivity contribution in [1.82, 2.24) is 10.2 Å². The van der Waals surface area contributed by atoms with E-state index in [1.807, 2.05) is 49.4 Å². The number of rotatable bonds is 11. The lowest BCUT2D eigenvalue weighted by Crippen LogP contribution is -2.31. The maximum atomic E-state index is 11.7. The SMILES string of the molecule is CN/C=C(/C#N)C(=N)N(C)CCOc1cc(C)c(Cc2ccc(N=C/C=C\N)cc2)cc1C=O. The summed E-state index contributed by atoms with van der Waals surface area (Å²) in [4.78, 5) is 17.6. The summed E-state index contributed by atoms with van der Waals surface area (Å²) in [5.41, 5.74) is 9.98. The van der Waals surface area contributed by atoms with E-state index in [1.165, 1.54) is 12.4 Å². The third-order valence-electron chi connectivity index (χ3n) is 5.08. The van der Waals surface area contributed by atoms with Crippen molar-refractivity contribution in [3.63, 3.8) is 0 Å². The number of nitrogens with one attached hydrogen (secondary N) is 2. The zero-order valence-electron chi connectivity index (χ0n) is 19.7. The van der Waals surface area contributed by atoms with Crippen molar-refractivity contribution in [2.75, 3.05) is 27.2 Å². The standard InChI is InChI=1S/C26H30N6O2/c1-19-13-25(34-12-11-32(3)26(29)23(16-28)17-30-2)22(18-33)15-21(19)14-20-5-7-24(8-6-20)31-10-4-9-27/h4-10,13,15,17-18,29-30H,11-12,14,27H2,1-3H3/b9-4-,23-17-,29-26?,31-10?. The molecule has 0 heterocycles. The highest BCUT2D eigenvalue weighted by Crippen LogP contribution is 2.25. The van der Waals surface area contributed by atoms with Gasteiger partial charge in [0.05, 0.1) is 17.8 Å². The number of carbonyl (C=O) groups excluding carboxylic acids is 1. The van der Waals surface area contributed by atoms with Gasteiger partial charge in [-0.2, -0.15) is 5.26 Å². The molecule has 0 amide bonds. The average molecular weight is 459 g/mol. The van der Waals surface area contributed by atoms with E-state index < -0.39 is 0 Å². The Balaban J connectivity index is 2.06. The van der Waals surface area contributed by atoms with E-state index >= 15 is 0 Å². The van der Waals surface area contributed by atoms with Crippen LogP contribution in [-0.4, -0.2) is 50.5 Å². The topological polar surface area (TPSA) is 128 Å². The normalized spacial score (nSPS) is 11.4. The number of aryl methyl sites for hydroxylation is 1. The van der Waals surface area contributed by atoms with E-state index in [1.54, 1.807) is 31.3 Å². The van der Waals surface area contributed by atoms with Crippen molar-refractivity contribution in [3.8, 4) is 11.8 Å². The molecule has 0 aliphatic carbocycles. The first-order valence-electron chi connectivity index (χ1n) is 10.7. The summed E-state index contributed by atoms with van der Waals surface area (Å²) in [5.74, 6) is 0.593. The van der Waals surface area contributed by atoms with Gasteiger partial charge in [0.2, 0.25) is 0 Å². The minimum absolute atomic E-state index is 0.0927. The summed E-state index contributed by atoms with van der Waals surface area (Å²) < 4.78 is 5.85. The van der Waals surface area contributed by atoms with Gasteiger partial charge < -0.3 is 20.7 Å². The number of amidine groups is 1. The number of benzene rings is 2. The number of hydrogen-bond acceptors (Lipinski definition) is 7. The molecule has 0 atom stereocenters. The van der Waals surface area contributed by atoms with Crippen LogP contribution < -0.4 is 15.8 Å². The van der Waals surface area contributed by atoms with E-state index in [0.717, 1.165) is 28.7 Å². The number of nitriles is 1. The molecule has 0 aromatic heterocycles. The van der Waals surface area contributed by atoms with E-state index in [4.69, 9.17) is 21.1 Å². The molecule has 0 saturated heterocycles. The van der Waals surface area contributed by atoms with Crippen LogP contribution in [0.3, 0.4) is 0 Å². The molecule has 34 heavy (non-hydrogen) atoms. The molecule has 0 saturated carbocycles. The average Bonchev–Trinajstić information content (AvgIpc) is 2.84. The van der Waals surface area contributed by atoms with Gasteiger partial charge in [-0.15, -0.1) is 0 Å². The molecule has 4 N–H and O–H groups in total. The van der Waals surface area contributed by atoms with Gasteiger partial charge in [0.15, 0.2) is 6.29 Å². The smallest absolute Gasteiger partial charge is 0.153 e. The number of allylic oxidation sites excluding steroid dienone is 1. The van der Waals surface area contributed by atoms with E-state index in [2.05, 4.69) is 10.3 Å². The van der Waals surface area contributed by atoms with Crippen molar-refractivity contribution in [1.29, 1.82) is 10.7 Å². The fourth-order valence-corrected chi connectivity index (χ4v) is 3.16. The third kappa shape index (κ3) is 7.35. The van der Waals surface area contributed by atoms with Crippen LogP contribution in [0.2, 0.25) is 0 Å². The third-order valence-corrected chi connectivity index (χ3v) is 5.08. The molecule has 0 bridgehead atoms. The lowest BCUT2D eigenvalue weighted by atomic mass is 9.97. The molecule has 8 heteroatoms. The Morgan fingerprint density at radius 2 is 2.06 bits per heavy atom. The second kappa shape index (κ2) is 13.2. The summed E-state index contributed by atoms with van der Waals surface area (Å²) >= 11 is 0. The van der Waals surface area contributed by atoms with Crippen LogP contribution >= 0.6 is 0 Å². The molecule has 0 aliphatic heterocycles. The van der Waals surface area contributed by atoms with Crippen molar-refractivity contribution in [2.24, 2.45) is 10.7 Å². The van der Waals surface area contributed by atoms with Crippen LogP contribution in [0.25, 0.3) is 0 Å². The minimum atomic E-state index is 0.0927. The fourth-order valence-electron chi connectivity index (χ4n) is 3.16. The molecule has 0 radical (unpaired) electrons. The van der Waals surface area contributed by atoms with E-state index in [-0.39, 0.29) is 18.0 Å². The number of likely N-dealkylation sites (N-methyl/N-ethyl adjacent to an activating group) is 1. The summed E-state index contributed by atoms with van der Waals surface area (Å²) in [5, 5.41) is 20.0. The highest BCUT2D eigenvalue weighted by Gasteiger charge is 2.12. The quantitative estimate of drug-likeness (QED) is 0.205. The first-order valence-corrected chi connectivity index (χ1v) is 10.7. The van der Waals surface area contributed by atoms with Gasteiger partial charge in [-0.05, 0) is 66.6 Å². The van der Waals surface area contributed by atoms with Crippen molar-refractivity contribution in [3.05, 3.63) is 82.7 Å².